The Bertz CT molecular complexity index is 332. The van der Waals surface area contributed by atoms with Gasteiger partial charge in [-0.1, -0.05) is 32.5 Å². The molecule has 6 heteroatoms. The summed E-state index contributed by atoms with van der Waals surface area (Å²) in [6.07, 6.45) is 0. The van der Waals surface area contributed by atoms with Gasteiger partial charge in [-0.3, -0.25) is 0 Å². The SMILES string of the molecule is CCOCCSc1nnc(C(C)(C)C)n1N. The molecule has 1 aromatic rings. The van der Waals surface area contributed by atoms with E-state index in [9.17, 15) is 0 Å². The van der Waals surface area contributed by atoms with Crippen molar-refractivity contribution in [2.75, 3.05) is 24.8 Å². The van der Waals surface area contributed by atoms with E-state index in [2.05, 4.69) is 31.0 Å². The predicted molar refractivity (Wildman–Crippen MR) is 66.1 cm³/mol. The van der Waals surface area contributed by atoms with Crippen LogP contribution in [0.1, 0.15) is 33.5 Å². The van der Waals surface area contributed by atoms with Crippen LogP contribution in [-0.4, -0.2) is 33.8 Å². The first-order valence-corrected chi connectivity index (χ1v) is 6.37. The summed E-state index contributed by atoms with van der Waals surface area (Å²) in [5.74, 6) is 7.57. The second-order valence-corrected chi connectivity index (χ2v) is 5.53. The first-order valence-electron chi connectivity index (χ1n) is 5.38. The Balaban J connectivity index is 2.59. The van der Waals surface area contributed by atoms with Gasteiger partial charge in [0.05, 0.1) is 6.61 Å². The zero-order valence-corrected chi connectivity index (χ0v) is 11.2. The summed E-state index contributed by atoms with van der Waals surface area (Å²) in [5.41, 5.74) is -0.0829. The average molecular weight is 244 g/mol. The minimum absolute atomic E-state index is 0.0829. The highest BCUT2D eigenvalue weighted by Gasteiger charge is 2.22. The molecule has 1 rings (SSSR count). The Labute approximate surface area is 101 Å². The third kappa shape index (κ3) is 3.38. The van der Waals surface area contributed by atoms with E-state index in [0.717, 1.165) is 23.3 Å². The number of aromatic nitrogens is 3. The zero-order valence-electron chi connectivity index (χ0n) is 10.4. The van der Waals surface area contributed by atoms with E-state index in [1.165, 1.54) is 0 Å². The number of nitrogens with zero attached hydrogens (tertiary/aromatic N) is 3. The standard InChI is InChI=1S/C10H20N4OS/c1-5-15-6-7-16-9-13-12-8(14(9)11)10(2,3)4/h5-7,11H2,1-4H3. The van der Waals surface area contributed by atoms with Gasteiger partial charge in [-0.2, -0.15) is 0 Å². The lowest BCUT2D eigenvalue weighted by molar-refractivity contribution is 0.164. The van der Waals surface area contributed by atoms with E-state index < -0.39 is 0 Å². The fraction of sp³-hybridized carbons (Fsp3) is 0.800. The molecule has 0 unspecified atom stereocenters. The molecule has 0 saturated carbocycles. The van der Waals surface area contributed by atoms with Crippen molar-refractivity contribution >= 4 is 11.8 Å². The van der Waals surface area contributed by atoms with Crippen LogP contribution in [0, 0.1) is 0 Å². The first kappa shape index (κ1) is 13.3. The first-order chi connectivity index (χ1) is 7.46. The van der Waals surface area contributed by atoms with Gasteiger partial charge in [0.1, 0.15) is 0 Å². The maximum atomic E-state index is 5.93. The molecule has 0 spiro atoms. The van der Waals surface area contributed by atoms with Crippen LogP contribution in [-0.2, 0) is 10.2 Å². The van der Waals surface area contributed by atoms with Crippen LogP contribution in [0.4, 0.5) is 0 Å². The highest BCUT2D eigenvalue weighted by Crippen LogP contribution is 2.22. The second kappa shape index (κ2) is 5.54. The molecule has 0 radical (unpaired) electrons. The second-order valence-electron chi connectivity index (χ2n) is 4.47. The molecule has 16 heavy (non-hydrogen) atoms. The van der Waals surface area contributed by atoms with Gasteiger partial charge < -0.3 is 10.6 Å². The van der Waals surface area contributed by atoms with Crippen LogP contribution in [0.3, 0.4) is 0 Å². The summed E-state index contributed by atoms with van der Waals surface area (Å²) in [5, 5.41) is 8.93. The van der Waals surface area contributed by atoms with Gasteiger partial charge in [0.25, 0.3) is 0 Å². The Hall–Kier alpha value is -0.750. The molecule has 0 amide bonds. The molecule has 0 aromatic carbocycles. The van der Waals surface area contributed by atoms with Crippen LogP contribution in [0.25, 0.3) is 0 Å². The van der Waals surface area contributed by atoms with E-state index in [-0.39, 0.29) is 5.41 Å². The lowest BCUT2D eigenvalue weighted by atomic mass is 9.96. The van der Waals surface area contributed by atoms with Crippen LogP contribution in [0.5, 0.6) is 0 Å². The average Bonchev–Trinajstić information content (AvgIpc) is 2.54. The van der Waals surface area contributed by atoms with Crippen molar-refractivity contribution in [3.8, 4) is 0 Å². The molecule has 0 aliphatic carbocycles. The Morgan fingerprint density at radius 2 is 2.06 bits per heavy atom. The van der Waals surface area contributed by atoms with Crippen molar-refractivity contribution in [2.45, 2.75) is 38.3 Å². The molecule has 0 aliphatic heterocycles. The third-order valence-corrected chi connectivity index (χ3v) is 2.91. The third-order valence-electron chi connectivity index (χ3n) is 2.00. The van der Waals surface area contributed by atoms with Crippen molar-refractivity contribution in [1.82, 2.24) is 14.9 Å². The van der Waals surface area contributed by atoms with Crippen molar-refractivity contribution in [1.29, 1.82) is 0 Å². The molecule has 1 heterocycles. The smallest absolute Gasteiger partial charge is 0.209 e. The van der Waals surface area contributed by atoms with E-state index >= 15 is 0 Å². The Kier molecular flexibility index (Phi) is 4.61. The Morgan fingerprint density at radius 1 is 1.38 bits per heavy atom. The summed E-state index contributed by atoms with van der Waals surface area (Å²) < 4.78 is 6.82. The van der Waals surface area contributed by atoms with Gasteiger partial charge in [-0.05, 0) is 6.92 Å². The van der Waals surface area contributed by atoms with E-state index in [1.807, 2.05) is 6.92 Å². The van der Waals surface area contributed by atoms with Crippen molar-refractivity contribution in [3.05, 3.63) is 5.82 Å². The van der Waals surface area contributed by atoms with Gasteiger partial charge in [-0.25, -0.2) is 4.68 Å². The summed E-state index contributed by atoms with van der Waals surface area (Å²) in [6.45, 7) is 9.62. The normalized spacial score (nSPS) is 12.0. The van der Waals surface area contributed by atoms with Gasteiger partial charge >= 0.3 is 0 Å². The molecular weight excluding hydrogens is 224 g/mol. The maximum absolute atomic E-state index is 5.93. The fourth-order valence-corrected chi connectivity index (χ4v) is 1.93. The number of thioether (sulfide) groups is 1. The topological polar surface area (TPSA) is 66.0 Å². The van der Waals surface area contributed by atoms with Gasteiger partial charge in [0.2, 0.25) is 5.16 Å². The number of nitrogens with two attached hydrogens (primary N) is 1. The van der Waals surface area contributed by atoms with Crippen LogP contribution < -0.4 is 5.84 Å². The lowest BCUT2D eigenvalue weighted by Crippen LogP contribution is -2.24. The maximum Gasteiger partial charge on any atom is 0.209 e. The largest absolute Gasteiger partial charge is 0.381 e. The van der Waals surface area contributed by atoms with E-state index in [1.54, 1.807) is 16.4 Å². The number of nitrogen functional groups attached to an aromatic ring is 1. The number of hydrogen-bond acceptors (Lipinski definition) is 5. The Morgan fingerprint density at radius 3 is 2.56 bits per heavy atom. The van der Waals surface area contributed by atoms with E-state index in [0.29, 0.717) is 6.61 Å². The summed E-state index contributed by atoms with van der Waals surface area (Å²) in [4.78, 5) is 0. The van der Waals surface area contributed by atoms with Crippen molar-refractivity contribution in [2.24, 2.45) is 0 Å². The minimum Gasteiger partial charge on any atom is -0.381 e. The predicted octanol–water partition coefficient (Wildman–Crippen LogP) is 1.42. The molecule has 0 saturated heterocycles. The number of ether oxygens (including phenoxy) is 1. The van der Waals surface area contributed by atoms with E-state index in [4.69, 9.17) is 10.6 Å². The van der Waals surface area contributed by atoms with Gasteiger partial charge in [0.15, 0.2) is 5.82 Å². The molecule has 0 atom stereocenters. The summed E-state index contributed by atoms with van der Waals surface area (Å²) in [6, 6.07) is 0. The van der Waals surface area contributed by atoms with Crippen molar-refractivity contribution < 1.29 is 4.74 Å². The molecule has 0 aliphatic rings. The molecule has 0 bridgehead atoms. The fourth-order valence-electron chi connectivity index (χ4n) is 1.22. The molecule has 2 N–H and O–H groups in total. The van der Waals surface area contributed by atoms with Gasteiger partial charge in [0, 0.05) is 17.8 Å². The molecule has 0 fully saturated rings. The summed E-state index contributed by atoms with van der Waals surface area (Å²) >= 11 is 1.56. The monoisotopic (exact) mass is 244 g/mol. The lowest BCUT2D eigenvalue weighted by Gasteiger charge is -2.16. The quantitative estimate of drug-likeness (QED) is 0.482. The highest BCUT2D eigenvalue weighted by atomic mass is 32.2. The molecular formula is C10H20N4OS. The van der Waals surface area contributed by atoms with Gasteiger partial charge in [-0.15, -0.1) is 10.2 Å². The minimum atomic E-state index is -0.0829. The van der Waals surface area contributed by atoms with Crippen LogP contribution in [0.15, 0.2) is 5.16 Å². The summed E-state index contributed by atoms with van der Waals surface area (Å²) in [7, 11) is 0. The molecule has 1 aromatic heterocycles. The van der Waals surface area contributed by atoms with Crippen molar-refractivity contribution in [3.63, 3.8) is 0 Å². The van der Waals surface area contributed by atoms with Crippen LogP contribution >= 0.6 is 11.8 Å². The number of rotatable bonds is 5. The number of hydrogen-bond donors (Lipinski definition) is 1. The molecule has 5 nitrogen and oxygen atoms in total. The highest BCUT2D eigenvalue weighted by molar-refractivity contribution is 7.99. The van der Waals surface area contributed by atoms with Crippen LogP contribution in [0.2, 0.25) is 0 Å². The molecule has 92 valence electrons. The zero-order chi connectivity index (χ0) is 12.2.